The van der Waals surface area contributed by atoms with Crippen molar-refractivity contribution in [1.82, 2.24) is 0 Å². The van der Waals surface area contributed by atoms with Gasteiger partial charge < -0.3 is 4.74 Å². The fourth-order valence-corrected chi connectivity index (χ4v) is 0.951. The summed E-state index contributed by atoms with van der Waals surface area (Å²) in [5, 5.41) is 0. The Hall–Kier alpha value is -0.0400. The zero-order valence-corrected chi connectivity index (χ0v) is 7.94. The maximum absolute atomic E-state index is 5.41. The number of ether oxygens (including phenoxy) is 1. The number of hydrogen-bond donors (Lipinski definition) is 0. The minimum Gasteiger partial charge on any atom is -0.379 e. The molecule has 0 aromatic carbocycles. The summed E-state index contributed by atoms with van der Waals surface area (Å²) in [5.74, 6) is 0. The Morgan fingerprint density at radius 3 is 2.27 bits per heavy atom. The highest BCUT2D eigenvalue weighted by Crippen LogP contribution is 2.02. The quantitative estimate of drug-likeness (QED) is 0.516. The number of unbranched alkanes of at least 4 members (excludes halogenated alkanes) is 4. The lowest BCUT2D eigenvalue weighted by molar-refractivity contribution is 0.0757. The van der Waals surface area contributed by atoms with Crippen LogP contribution >= 0.6 is 0 Å². The Kier molecular flexibility index (Phi) is 8.03. The van der Waals surface area contributed by atoms with Crippen LogP contribution in [0, 0.1) is 6.92 Å². The van der Waals surface area contributed by atoms with Gasteiger partial charge in [-0.3, -0.25) is 0 Å². The van der Waals surface area contributed by atoms with Gasteiger partial charge in [-0.2, -0.15) is 0 Å². The van der Waals surface area contributed by atoms with E-state index in [1.807, 2.05) is 0 Å². The normalized spacial score (nSPS) is 10.9. The van der Waals surface area contributed by atoms with E-state index in [1.54, 1.807) is 0 Å². The van der Waals surface area contributed by atoms with Crippen molar-refractivity contribution >= 4 is 0 Å². The van der Waals surface area contributed by atoms with Gasteiger partial charge in [-0.1, -0.05) is 32.6 Å². The highest BCUT2D eigenvalue weighted by atomic mass is 16.5. The summed E-state index contributed by atoms with van der Waals surface area (Å²) in [5.41, 5.74) is 0. The van der Waals surface area contributed by atoms with Crippen LogP contribution in [0.2, 0.25) is 0 Å². The van der Waals surface area contributed by atoms with Crippen LogP contribution in [0.25, 0.3) is 0 Å². The van der Waals surface area contributed by atoms with Gasteiger partial charge in [0, 0.05) is 6.61 Å². The third kappa shape index (κ3) is 9.96. The summed E-state index contributed by atoms with van der Waals surface area (Å²) in [7, 11) is 0. The Morgan fingerprint density at radius 1 is 1.09 bits per heavy atom. The molecule has 1 heteroatoms. The maximum Gasteiger partial charge on any atom is 0.0518 e. The maximum atomic E-state index is 5.41. The van der Waals surface area contributed by atoms with Gasteiger partial charge in [0.05, 0.1) is 6.10 Å². The van der Waals surface area contributed by atoms with E-state index in [2.05, 4.69) is 20.8 Å². The first-order valence-corrected chi connectivity index (χ1v) is 4.68. The number of rotatable bonds is 7. The molecular formula is C10H21O. The second-order valence-corrected chi connectivity index (χ2v) is 3.19. The molecule has 0 rings (SSSR count). The number of hydrogen-bond acceptors (Lipinski definition) is 1. The van der Waals surface area contributed by atoms with Crippen molar-refractivity contribution in [3.05, 3.63) is 6.92 Å². The van der Waals surface area contributed by atoms with Crippen molar-refractivity contribution in [3.8, 4) is 0 Å². The first kappa shape index (κ1) is 11.0. The third-order valence-electron chi connectivity index (χ3n) is 1.60. The summed E-state index contributed by atoms with van der Waals surface area (Å²) >= 11 is 0. The molecule has 0 heterocycles. The molecule has 0 atom stereocenters. The van der Waals surface area contributed by atoms with Gasteiger partial charge in [0.2, 0.25) is 0 Å². The lowest BCUT2D eigenvalue weighted by Crippen LogP contribution is -2.03. The Morgan fingerprint density at radius 2 is 1.73 bits per heavy atom. The van der Waals surface area contributed by atoms with Crippen molar-refractivity contribution in [2.45, 2.75) is 52.1 Å². The molecule has 0 bridgehead atoms. The van der Waals surface area contributed by atoms with Gasteiger partial charge in [-0.15, -0.1) is 0 Å². The van der Waals surface area contributed by atoms with Crippen molar-refractivity contribution < 1.29 is 4.74 Å². The molecule has 0 aliphatic rings. The predicted octanol–water partition coefficient (Wildman–Crippen LogP) is 3.20. The van der Waals surface area contributed by atoms with Gasteiger partial charge in [0.15, 0.2) is 0 Å². The van der Waals surface area contributed by atoms with E-state index in [0.29, 0.717) is 6.10 Å². The average Bonchev–Trinajstić information content (AvgIpc) is 1.96. The van der Waals surface area contributed by atoms with E-state index in [4.69, 9.17) is 4.74 Å². The molecular weight excluding hydrogens is 136 g/mol. The third-order valence-corrected chi connectivity index (χ3v) is 1.60. The van der Waals surface area contributed by atoms with Gasteiger partial charge in [-0.05, 0) is 20.3 Å². The van der Waals surface area contributed by atoms with Gasteiger partial charge in [0.25, 0.3) is 0 Å². The molecule has 0 saturated heterocycles. The van der Waals surface area contributed by atoms with Crippen LogP contribution in [0.1, 0.15) is 46.0 Å². The van der Waals surface area contributed by atoms with Crippen molar-refractivity contribution in [3.63, 3.8) is 0 Å². The first-order valence-electron chi connectivity index (χ1n) is 4.68. The van der Waals surface area contributed by atoms with Crippen LogP contribution in [0.15, 0.2) is 0 Å². The highest BCUT2D eigenvalue weighted by molar-refractivity contribution is 4.45. The molecule has 0 fully saturated rings. The fraction of sp³-hybridized carbons (Fsp3) is 0.900. The summed E-state index contributed by atoms with van der Waals surface area (Å²) in [6, 6.07) is 0. The topological polar surface area (TPSA) is 9.23 Å². The molecule has 0 spiro atoms. The standard InChI is InChI=1S/C10H21O/c1-4-5-6-7-8-9-11-10(2)3/h10H,1,4-9H2,2-3H3. The summed E-state index contributed by atoms with van der Waals surface area (Å²) in [6.07, 6.45) is 6.54. The lowest BCUT2D eigenvalue weighted by atomic mass is 10.2. The zero-order valence-electron chi connectivity index (χ0n) is 7.94. The Bertz CT molecular complexity index is 69.3. The Balaban J connectivity index is 2.80. The Labute approximate surface area is 71.1 Å². The molecule has 0 aliphatic carbocycles. The fourth-order valence-electron chi connectivity index (χ4n) is 0.951. The van der Waals surface area contributed by atoms with Crippen LogP contribution in [0.4, 0.5) is 0 Å². The molecule has 0 amide bonds. The van der Waals surface area contributed by atoms with Crippen LogP contribution in [-0.4, -0.2) is 12.7 Å². The van der Waals surface area contributed by atoms with E-state index in [-0.39, 0.29) is 0 Å². The molecule has 0 aliphatic heterocycles. The van der Waals surface area contributed by atoms with Crippen molar-refractivity contribution in [2.75, 3.05) is 6.61 Å². The highest BCUT2D eigenvalue weighted by Gasteiger charge is 1.92. The van der Waals surface area contributed by atoms with Crippen LogP contribution in [-0.2, 0) is 4.74 Å². The minimum absolute atomic E-state index is 0.392. The van der Waals surface area contributed by atoms with E-state index in [1.165, 1.54) is 25.7 Å². The van der Waals surface area contributed by atoms with E-state index in [0.717, 1.165) is 13.0 Å². The zero-order chi connectivity index (χ0) is 8.53. The summed E-state index contributed by atoms with van der Waals surface area (Å²) in [4.78, 5) is 0. The molecule has 11 heavy (non-hydrogen) atoms. The molecule has 0 N–H and O–H groups in total. The first-order chi connectivity index (χ1) is 5.27. The molecule has 67 valence electrons. The van der Waals surface area contributed by atoms with E-state index in [9.17, 15) is 0 Å². The van der Waals surface area contributed by atoms with Crippen LogP contribution < -0.4 is 0 Å². The molecule has 0 aromatic heterocycles. The molecule has 0 saturated carbocycles. The smallest absolute Gasteiger partial charge is 0.0518 e. The van der Waals surface area contributed by atoms with Crippen molar-refractivity contribution in [2.24, 2.45) is 0 Å². The summed E-state index contributed by atoms with van der Waals surface area (Å²) < 4.78 is 5.41. The molecule has 0 aromatic rings. The monoisotopic (exact) mass is 157 g/mol. The van der Waals surface area contributed by atoms with Crippen molar-refractivity contribution in [1.29, 1.82) is 0 Å². The SMILES string of the molecule is [CH2]CCCCCCOC(C)C. The van der Waals surface area contributed by atoms with E-state index >= 15 is 0 Å². The predicted molar refractivity (Wildman–Crippen MR) is 49.5 cm³/mol. The van der Waals surface area contributed by atoms with Crippen LogP contribution in [0.3, 0.4) is 0 Å². The van der Waals surface area contributed by atoms with Gasteiger partial charge in [-0.25, -0.2) is 0 Å². The van der Waals surface area contributed by atoms with Crippen LogP contribution in [0.5, 0.6) is 0 Å². The summed E-state index contributed by atoms with van der Waals surface area (Å²) in [6.45, 7) is 8.88. The second-order valence-electron chi connectivity index (χ2n) is 3.19. The molecule has 1 nitrogen and oxygen atoms in total. The largest absolute Gasteiger partial charge is 0.379 e. The van der Waals surface area contributed by atoms with Gasteiger partial charge >= 0.3 is 0 Å². The average molecular weight is 157 g/mol. The molecule has 0 unspecified atom stereocenters. The second kappa shape index (κ2) is 8.06. The lowest BCUT2D eigenvalue weighted by Gasteiger charge is -2.06. The van der Waals surface area contributed by atoms with E-state index < -0.39 is 0 Å². The molecule has 1 radical (unpaired) electrons. The minimum atomic E-state index is 0.392. The van der Waals surface area contributed by atoms with Gasteiger partial charge in [0.1, 0.15) is 0 Å².